The maximum atomic E-state index is 15.4. The molecule has 0 aliphatic carbocycles. The van der Waals surface area contributed by atoms with Gasteiger partial charge in [-0.1, -0.05) is 0 Å². The minimum absolute atomic E-state index is 0.0946. The molecule has 1 unspecified atom stereocenters. The van der Waals surface area contributed by atoms with Crippen LogP contribution in [0.15, 0.2) is 24.5 Å². The molecule has 1 saturated heterocycles. The van der Waals surface area contributed by atoms with Crippen LogP contribution in [-0.4, -0.2) is 47.0 Å². The third-order valence-electron chi connectivity index (χ3n) is 6.50. The van der Waals surface area contributed by atoms with Gasteiger partial charge in [0, 0.05) is 47.5 Å². The Kier molecular flexibility index (Phi) is 5.42. The zero-order valence-corrected chi connectivity index (χ0v) is 18.4. The van der Waals surface area contributed by atoms with Gasteiger partial charge in [0.05, 0.1) is 36.9 Å². The molecule has 2 aromatic heterocycles. The number of anilines is 2. The molecule has 34 heavy (non-hydrogen) atoms. The largest absolute Gasteiger partial charge is 0.477 e. The Labute approximate surface area is 194 Å². The van der Waals surface area contributed by atoms with E-state index in [0.29, 0.717) is 59.4 Å². The lowest BCUT2D eigenvalue weighted by Gasteiger charge is -2.25. The van der Waals surface area contributed by atoms with Crippen molar-refractivity contribution in [1.82, 2.24) is 9.97 Å². The number of benzene rings is 1. The molecule has 9 nitrogen and oxygen atoms in total. The molecular formula is C24H22FN5O4. The standard InChI is InChI=1S/C24H22FN5O4/c1-12-17(9-29-23-20(12)13(8-26)2-5-34-23)16-6-14-7-19(28-10-18(14)22(27)21(16)25)30(24(31)32)15-3-4-33-11-15/h6-7,9-10,13,15H,2-5,11,27H2,1H3,(H,31,32)/t13?,15-/m1/s1. The SMILES string of the molecule is Cc1c(-c2cc3cc(N(C(=O)O)[C@@H]4CCOC4)ncc3c(N)c2F)cnc2c1C(C#N)CCO2. The van der Waals surface area contributed by atoms with E-state index in [9.17, 15) is 15.2 Å². The van der Waals surface area contributed by atoms with E-state index in [-0.39, 0.29) is 29.7 Å². The molecule has 0 spiro atoms. The van der Waals surface area contributed by atoms with E-state index in [1.165, 1.54) is 17.3 Å². The quantitative estimate of drug-likeness (QED) is 0.557. The molecule has 1 aromatic carbocycles. The average molecular weight is 463 g/mol. The van der Waals surface area contributed by atoms with Crippen LogP contribution >= 0.6 is 0 Å². The monoisotopic (exact) mass is 463 g/mol. The fourth-order valence-electron chi connectivity index (χ4n) is 4.72. The second kappa shape index (κ2) is 8.43. The van der Waals surface area contributed by atoms with Crippen LogP contribution < -0.4 is 15.4 Å². The van der Waals surface area contributed by atoms with Crippen molar-refractivity contribution in [3.63, 3.8) is 0 Å². The highest BCUT2D eigenvalue weighted by Crippen LogP contribution is 2.41. The number of aromatic nitrogens is 2. The van der Waals surface area contributed by atoms with E-state index in [1.54, 1.807) is 19.1 Å². The number of rotatable bonds is 3. The zero-order valence-electron chi connectivity index (χ0n) is 18.4. The number of hydrogen-bond acceptors (Lipinski definition) is 7. The van der Waals surface area contributed by atoms with Gasteiger partial charge in [0.2, 0.25) is 5.88 Å². The summed E-state index contributed by atoms with van der Waals surface area (Å²) in [6.07, 6.45) is 2.85. The Balaban J connectivity index is 1.67. The molecule has 1 fully saturated rings. The summed E-state index contributed by atoms with van der Waals surface area (Å²) < 4.78 is 26.4. The number of hydrogen-bond donors (Lipinski definition) is 2. The van der Waals surface area contributed by atoms with Gasteiger partial charge in [-0.25, -0.2) is 19.2 Å². The van der Waals surface area contributed by atoms with Crippen LogP contribution in [0.5, 0.6) is 5.88 Å². The van der Waals surface area contributed by atoms with Crippen LogP contribution in [0.25, 0.3) is 21.9 Å². The highest BCUT2D eigenvalue weighted by atomic mass is 19.1. The summed E-state index contributed by atoms with van der Waals surface area (Å²) in [7, 11) is 0. The number of ether oxygens (including phenoxy) is 2. The molecule has 5 rings (SSSR count). The maximum absolute atomic E-state index is 15.4. The van der Waals surface area contributed by atoms with Gasteiger partial charge in [0.1, 0.15) is 5.82 Å². The number of nitrogens with two attached hydrogens (primary N) is 1. The van der Waals surface area contributed by atoms with E-state index >= 15 is 4.39 Å². The van der Waals surface area contributed by atoms with Gasteiger partial charge in [-0.05, 0) is 36.4 Å². The van der Waals surface area contributed by atoms with E-state index < -0.39 is 17.8 Å². The number of amides is 1. The lowest BCUT2D eigenvalue weighted by molar-refractivity contribution is 0.183. The first-order valence-electron chi connectivity index (χ1n) is 10.9. The summed E-state index contributed by atoms with van der Waals surface area (Å²) in [6, 6.07) is 5.12. The molecule has 2 atom stereocenters. The molecule has 0 radical (unpaired) electrons. The first kappa shape index (κ1) is 21.9. The summed E-state index contributed by atoms with van der Waals surface area (Å²) >= 11 is 0. The molecule has 3 aromatic rings. The molecule has 174 valence electrons. The van der Waals surface area contributed by atoms with E-state index in [0.717, 1.165) is 0 Å². The molecule has 0 bridgehead atoms. The molecule has 4 heterocycles. The molecular weight excluding hydrogens is 441 g/mol. The predicted molar refractivity (Wildman–Crippen MR) is 122 cm³/mol. The van der Waals surface area contributed by atoms with E-state index in [1.807, 2.05) is 0 Å². The highest BCUT2D eigenvalue weighted by molar-refractivity contribution is 5.99. The lowest BCUT2D eigenvalue weighted by atomic mass is 9.88. The third-order valence-corrected chi connectivity index (χ3v) is 6.50. The second-order valence-electron chi connectivity index (χ2n) is 8.42. The first-order valence-corrected chi connectivity index (χ1v) is 10.9. The molecule has 1 amide bonds. The Morgan fingerprint density at radius 2 is 2.09 bits per heavy atom. The van der Waals surface area contributed by atoms with Gasteiger partial charge in [0.25, 0.3) is 0 Å². The number of nitrogens with zero attached hydrogens (tertiary/aromatic N) is 4. The van der Waals surface area contributed by atoms with Gasteiger partial charge in [-0.15, -0.1) is 0 Å². The van der Waals surface area contributed by atoms with Crippen molar-refractivity contribution in [3.05, 3.63) is 41.5 Å². The van der Waals surface area contributed by atoms with Crippen LogP contribution in [0, 0.1) is 24.1 Å². The summed E-state index contributed by atoms with van der Waals surface area (Å²) in [6.45, 7) is 2.96. The summed E-state index contributed by atoms with van der Waals surface area (Å²) in [4.78, 5) is 21.7. The van der Waals surface area contributed by atoms with Crippen LogP contribution in [0.1, 0.15) is 29.9 Å². The number of carboxylic acid groups (broad SMARTS) is 1. The van der Waals surface area contributed by atoms with Gasteiger partial charge in [-0.2, -0.15) is 5.26 Å². The summed E-state index contributed by atoms with van der Waals surface area (Å²) in [5.74, 6) is -0.427. The van der Waals surface area contributed by atoms with Crippen LogP contribution in [0.4, 0.5) is 20.7 Å². The summed E-state index contributed by atoms with van der Waals surface area (Å²) in [5.41, 5.74) is 8.10. The fraction of sp³-hybridized carbons (Fsp3) is 0.333. The summed E-state index contributed by atoms with van der Waals surface area (Å²) in [5, 5.41) is 20.3. The highest BCUT2D eigenvalue weighted by Gasteiger charge is 2.31. The number of halogens is 1. The zero-order chi connectivity index (χ0) is 24.0. The molecule has 2 aliphatic heterocycles. The minimum Gasteiger partial charge on any atom is -0.477 e. The van der Waals surface area contributed by atoms with Crippen molar-refractivity contribution in [1.29, 1.82) is 5.26 Å². The van der Waals surface area contributed by atoms with Crippen molar-refractivity contribution in [2.75, 3.05) is 30.5 Å². The third kappa shape index (κ3) is 3.45. The van der Waals surface area contributed by atoms with Gasteiger partial charge < -0.3 is 20.3 Å². The van der Waals surface area contributed by atoms with Crippen molar-refractivity contribution in [2.24, 2.45) is 0 Å². The molecule has 2 aliphatic rings. The second-order valence-corrected chi connectivity index (χ2v) is 8.42. The van der Waals surface area contributed by atoms with Crippen LogP contribution in [0.3, 0.4) is 0 Å². The van der Waals surface area contributed by atoms with Gasteiger partial charge >= 0.3 is 6.09 Å². The Bertz CT molecular complexity index is 1350. The predicted octanol–water partition coefficient (Wildman–Crippen LogP) is 3.99. The number of pyridine rings is 2. The van der Waals surface area contributed by atoms with Crippen molar-refractivity contribution >= 4 is 28.4 Å². The Morgan fingerprint density at radius 3 is 2.79 bits per heavy atom. The number of nitriles is 1. The van der Waals surface area contributed by atoms with Crippen LogP contribution in [0.2, 0.25) is 0 Å². The van der Waals surface area contributed by atoms with Crippen LogP contribution in [-0.2, 0) is 4.74 Å². The number of carbonyl (C=O) groups is 1. The topological polar surface area (TPSA) is 135 Å². The van der Waals surface area contributed by atoms with Gasteiger partial charge in [0.15, 0.2) is 5.82 Å². The fourth-order valence-corrected chi connectivity index (χ4v) is 4.72. The molecule has 10 heteroatoms. The van der Waals surface area contributed by atoms with Crippen molar-refractivity contribution in [2.45, 2.75) is 31.7 Å². The molecule has 0 saturated carbocycles. The minimum atomic E-state index is -1.14. The van der Waals surface area contributed by atoms with E-state index in [2.05, 4.69) is 16.0 Å². The Morgan fingerprint density at radius 1 is 1.26 bits per heavy atom. The number of fused-ring (bicyclic) bond motifs is 2. The Hall–Kier alpha value is -3.97. The lowest BCUT2D eigenvalue weighted by Crippen LogP contribution is -2.40. The average Bonchev–Trinajstić information content (AvgIpc) is 3.35. The van der Waals surface area contributed by atoms with E-state index in [4.69, 9.17) is 15.2 Å². The van der Waals surface area contributed by atoms with Gasteiger partial charge in [-0.3, -0.25) is 4.90 Å². The smallest absolute Gasteiger partial charge is 0.413 e. The van der Waals surface area contributed by atoms with Crippen molar-refractivity contribution in [3.8, 4) is 23.1 Å². The molecule has 3 N–H and O–H groups in total. The maximum Gasteiger partial charge on any atom is 0.413 e. The normalized spacial score (nSPS) is 19.3. The first-order chi connectivity index (χ1) is 16.4. The van der Waals surface area contributed by atoms with Crippen molar-refractivity contribution < 1.29 is 23.8 Å². The number of nitrogen functional groups attached to an aromatic ring is 1.